The fraction of sp³-hybridized carbons (Fsp3) is 0.143. The van der Waals surface area contributed by atoms with Gasteiger partial charge in [0.2, 0.25) is 0 Å². The van der Waals surface area contributed by atoms with Gasteiger partial charge >= 0.3 is 0 Å². The smallest absolute Gasteiger partial charge is 0.252 e. The van der Waals surface area contributed by atoms with Gasteiger partial charge in [0.05, 0.1) is 5.56 Å². The molecule has 1 rings (SSSR count). The number of aromatic nitrogens is 1. The van der Waals surface area contributed by atoms with Crippen LogP contribution < -0.4 is 11.5 Å². The Morgan fingerprint density at radius 2 is 2.15 bits per heavy atom. The third kappa shape index (κ3) is 2.32. The zero-order valence-electron chi connectivity index (χ0n) is 6.87. The van der Waals surface area contributed by atoms with Gasteiger partial charge in [0.1, 0.15) is 5.82 Å². The largest absolute Gasteiger partial charge is 0.383 e. The third-order valence-electron chi connectivity index (χ3n) is 1.55. The molecule has 0 unspecified atom stereocenters. The number of nitrogen functional groups attached to an aromatic ring is 1. The summed E-state index contributed by atoms with van der Waals surface area (Å²) in [6, 6.07) is 0. The predicted octanol–water partition coefficient (Wildman–Crippen LogP) is 1.26. The molecule has 4 nitrogen and oxygen atoms in total. The molecule has 0 saturated carbocycles. The summed E-state index contributed by atoms with van der Waals surface area (Å²) in [5.41, 5.74) is 11.6. The number of carbonyl (C=O) groups is 1. The fourth-order valence-corrected chi connectivity index (χ4v) is 1.21. The molecule has 1 aromatic rings. The van der Waals surface area contributed by atoms with Crippen molar-refractivity contribution in [3.05, 3.63) is 21.8 Å². The molecule has 0 aliphatic rings. The molecule has 13 heavy (non-hydrogen) atoms. The Morgan fingerprint density at radius 3 is 2.54 bits per heavy atom. The summed E-state index contributed by atoms with van der Waals surface area (Å²) in [6.45, 7) is 1.75. The molecule has 0 radical (unpaired) electrons. The maximum absolute atomic E-state index is 10.9. The molecule has 72 valence electrons. The minimum absolute atomic E-state index is 0. The first kappa shape index (κ1) is 12.2. The zero-order valence-corrected chi connectivity index (χ0v) is 9.28. The van der Waals surface area contributed by atoms with Crippen molar-refractivity contribution in [3.63, 3.8) is 0 Å². The van der Waals surface area contributed by atoms with E-state index in [9.17, 15) is 4.79 Å². The number of primary amides is 1. The van der Waals surface area contributed by atoms with Gasteiger partial charge in [0, 0.05) is 10.7 Å². The van der Waals surface area contributed by atoms with Gasteiger partial charge in [0.15, 0.2) is 0 Å². The normalized spacial score (nSPS) is 9.08. The van der Waals surface area contributed by atoms with Gasteiger partial charge in [-0.2, -0.15) is 0 Å². The van der Waals surface area contributed by atoms with Gasteiger partial charge < -0.3 is 11.5 Å². The van der Waals surface area contributed by atoms with E-state index in [1.54, 1.807) is 6.92 Å². The minimum Gasteiger partial charge on any atom is -0.383 e. The summed E-state index contributed by atoms with van der Waals surface area (Å²) >= 11 is 3.22. The molecule has 0 aliphatic heterocycles. The van der Waals surface area contributed by atoms with E-state index >= 15 is 0 Å². The molecule has 0 aromatic carbocycles. The minimum atomic E-state index is -0.557. The lowest BCUT2D eigenvalue weighted by Gasteiger charge is -2.05. The zero-order chi connectivity index (χ0) is 9.30. The Kier molecular flexibility index (Phi) is 4.16. The number of rotatable bonds is 1. The van der Waals surface area contributed by atoms with Gasteiger partial charge in [-0.15, -0.1) is 12.4 Å². The van der Waals surface area contributed by atoms with Crippen LogP contribution >= 0.6 is 28.3 Å². The lowest BCUT2D eigenvalue weighted by atomic mass is 10.1. The number of anilines is 1. The quantitative estimate of drug-likeness (QED) is 0.803. The maximum Gasteiger partial charge on any atom is 0.252 e. The van der Waals surface area contributed by atoms with Crippen LogP contribution in [0.4, 0.5) is 5.82 Å². The molecule has 1 heterocycles. The predicted molar refractivity (Wildman–Crippen MR) is 56.9 cm³/mol. The first-order valence-corrected chi connectivity index (χ1v) is 4.03. The van der Waals surface area contributed by atoms with E-state index in [-0.39, 0.29) is 23.8 Å². The van der Waals surface area contributed by atoms with Gasteiger partial charge in [-0.05, 0) is 28.4 Å². The fourth-order valence-electron chi connectivity index (χ4n) is 0.910. The van der Waals surface area contributed by atoms with Crippen LogP contribution in [0.25, 0.3) is 0 Å². The van der Waals surface area contributed by atoms with Crippen molar-refractivity contribution in [2.75, 3.05) is 5.73 Å². The monoisotopic (exact) mass is 265 g/mol. The molecular weight excluding hydrogens is 257 g/mol. The second-order valence-corrected chi connectivity index (χ2v) is 3.21. The van der Waals surface area contributed by atoms with Crippen molar-refractivity contribution in [2.45, 2.75) is 6.92 Å². The van der Waals surface area contributed by atoms with E-state index in [1.165, 1.54) is 6.20 Å². The van der Waals surface area contributed by atoms with Crippen molar-refractivity contribution < 1.29 is 4.79 Å². The molecule has 0 bridgehead atoms. The molecule has 4 N–H and O–H groups in total. The summed E-state index contributed by atoms with van der Waals surface area (Å²) in [7, 11) is 0. The Morgan fingerprint density at radius 1 is 1.62 bits per heavy atom. The molecule has 0 atom stereocenters. The van der Waals surface area contributed by atoms with Crippen LogP contribution in [0, 0.1) is 6.92 Å². The highest BCUT2D eigenvalue weighted by molar-refractivity contribution is 9.10. The number of pyridine rings is 1. The first-order valence-electron chi connectivity index (χ1n) is 3.24. The van der Waals surface area contributed by atoms with Crippen molar-refractivity contribution in [2.24, 2.45) is 5.73 Å². The number of nitrogens with zero attached hydrogens (tertiary/aromatic N) is 1. The Balaban J connectivity index is 0.00000144. The number of halogens is 2. The van der Waals surface area contributed by atoms with Crippen LogP contribution in [-0.4, -0.2) is 10.9 Å². The van der Waals surface area contributed by atoms with Crippen molar-refractivity contribution in [1.29, 1.82) is 0 Å². The van der Waals surface area contributed by atoms with E-state index < -0.39 is 5.91 Å². The van der Waals surface area contributed by atoms with E-state index in [4.69, 9.17) is 11.5 Å². The highest BCUT2D eigenvalue weighted by atomic mass is 79.9. The summed E-state index contributed by atoms with van der Waals surface area (Å²) in [5, 5.41) is 0. The van der Waals surface area contributed by atoms with Gasteiger partial charge in [0.25, 0.3) is 5.91 Å². The van der Waals surface area contributed by atoms with Crippen LogP contribution in [0.15, 0.2) is 10.7 Å². The molecule has 0 saturated heterocycles. The van der Waals surface area contributed by atoms with Crippen molar-refractivity contribution in [1.82, 2.24) is 4.98 Å². The summed E-state index contributed by atoms with van der Waals surface area (Å²) in [5.74, 6) is -0.387. The number of amides is 1. The Bertz CT molecular complexity index is 343. The highest BCUT2D eigenvalue weighted by Gasteiger charge is 2.12. The topological polar surface area (TPSA) is 82.0 Å². The maximum atomic E-state index is 10.9. The molecule has 1 aromatic heterocycles. The van der Waals surface area contributed by atoms with E-state index in [0.29, 0.717) is 0 Å². The Hall–Kier alpha value is -0.810. The van der Waals surface area contributed by atoms with E-state index in [1.807, 2.05) is 0 Å². The SMILES string of the molecule is Cc1c(Br)cnc(N)c1C(N)=O.Cl. The molecule has 0 aliphatic carbocycles. The average molecular weight is 267 g/mol. The second-order valence-electron chi connectivity index (χ2n) is 2.36. The summed E-state index contributed by atoms with van der Waals surface area (Å²) in [6.07, 6.45) is 1.54. The average Bonchev–Trinajstić information content (AvgIpc) is 1.97. The van der Waals surface area contributed by atoms with Crippen LogP contribution in [0.1, 0.15) is 15.9 Å². The molecule has 0 spiro atoms. The lowest BCUT2D eigenvalue weighted by Crippen LogP contribution is -2.16. The Labute approximate surface area is 90.2 Å². The van der Waals surface area contributed by atoms with Crippen LogP contribution in [0.2, 0.25) is 0 Å². The summed E-state index contributed by atoms with van der Waals surface area (Å²) < 4.78 is 0.727. The van der Waals surface area contributed by atoms with Crippen LogP contribution in [-0.2, 0) is 0 Å². The molecule has 0 fully saturated rings. The van der Waals surface area contributed by atoms with Gasteiger partial charge in [-0.3, -0.25) is 4.79 Å². The first-order chi connectivity index (χ1) is 5.54. The third-order valence-corrected chi connectivity index (χ3v) is 2.35. The number of carbonyl (C=O) groups excluding carboxylic acids is 1. The molecule has 1 amide bonds. The molecule has 6 heteroatoms. The number of hydrogen-bond acceptors (Lipinski definition) is 3. The summed E-state index contributed by atoms with van der Waals surface area (Å²) in [4.78, 5) is 14.7. The second kappa shape index (κ2) is 4.43. The van der Waals surface area contributed by atoms with Crippen molar-refractivity contribution >= 4 is 40.1 Å². The number of hydrogen-bond donors (Lipinski definition) is 2. The van der Waals surface area contributed by atoms with Crippen molar-refractivity contribution in [3.8, 4) is 0 Å². The van der Waals surface area contributed by atoms with Gasteiger partial charge in [-0.1, -0.05) is 0 Å². The lowest BCUT2D eigenvalue weighted by molar-refractivity contribution is 0.1000. The molecular formula is C7H9BrClN3O. The van der Waals surface area contributed by atoms with Gasteiger partial charge in [-0.25, -0.2) is 4.98 Å². The highest BCUT2D eigenvalue weighted by Crippen LogP contribution is 2.21. The van der Waals surface area contributed by atoms with E-state index in [0.717, 1.165) is 10.0 Å². The van der Waals surface area contributed by atoms with Crippen LogP contribution in [0.3, 0.4) is 0 Å². The standard InChI is InChI=1S/C7H8BrN3O.ClH/c1-3-4(8)2-11-6(9)5(3)7(10)12;/h2H,1H3,(H2,9,11)(H2,10,12);1H. The number of nitrogens with two attached hydrogens (primary N) is 2. The van der Waals surface area contributed by atoms with Crippen LogP contribution in [0.5, 0.6) is 0 Å². The van der Waals surface area contributed by atoms with E-state index in [2.05, 4.69) is 20.9 Å².